The van der Waals surface area contributed by atoms with Crippen molar-refractivity contribution in [2.45, 2.75) is 53.4 Å². The van der Waals surface area contributed by atoms with Crippen molar-refractivity contribution in [3.63, 3.8) is 0 Å². The molecule has 0 unspecified atom stereocenters. The molecular formula is C26H38N4O2. The highest BCUT2D eigenvalue weighted by atomic mass is 16.4. The molecule has 0 amide bonds. The molecule has 3 rings (SSSR count). The molecule has 6 nitrogen and oxygen atoms in total. The summed E-state index contributed by atoms with van der Waals surface area (Å²) in [6.45, 7) is 16.4. The van der Waals surface area contributed by atoms with Gasteiger partial charge < -0.3 is 15.4 Å². The summed E-state index contributed by atoms with van der Waals surface area (Å²) in [5, 5.41) is 20.2. The lowest BCUT2D eigenvalue weighted by Gasteiger charge is -1.96. The van der Waals surface area contributed by atoms with Crippen LogP contribution >= 0.6 is 0 Å². The Hall–Kier alpha value is -3.12. The Morgan fingerprint density at radius 3 is 2.41 bits per heavy atom. The SMILES string of the molecule is C=CC(=C)C.CCCCCCNC.Cc1cc(-c2n[nH]c3ccc(C(=O)O)cc23)[nH]c1C. The zero-order valence-corrected chi connectivity index (χ0v) is 20.1. The summed E-state index contributed by atoms with van der Waals surface area (Å²) < 4.78 is 0. The molecule has 4 N–H and O–H groups in total. The van der Waals surface area contributed by atoms with E-state index in [0.717, 1.165) is 39.1 Å². The molecule has 6 heteroatoms. The molecule has 0 aliphatic carbocycles. The van der Waals surface area contributed by atoms with Gasteiger partial charge in [-0.3, -0.25) is 5.10 Å². The number of aromatic nitrogens is 3. The minimum atomic E-state index is -0.937. The van der Waals surface area contributed by atoms with Gasteiger partial charge in [-0.1, -0.05) is 51.0 Å². The topological polar surface area (TPSA) is 93.8 Å². The summed E-state index contributed by atoms with van der Waals surface area (Å²) in [6, 6.07) is 6.95. The molecule has 1 aromatic carbocycles. The fraction of sp³-hybridized carbons (Fsp3) is 0.385. The molecule has 0 bridgehead atoms. The monoisotopic (exact) mass is 438 g/mol. The zero-order valence-electron chi connectivity index (χ0n) is 20.1. The Balaban J connectivity index is 0.000000329. The van der Waals surface area contributed by atoms with Crippen molar-refractivity contribution in [2.75, 3.05) is 13.6 Å². The lowest BCUT2D eigenvalue weighted by atomic mass is 10.1. The molecule has 0 saturated carbocycles. The number of fused-ring (bicyclic) bond motifs is 1. The van der Waals surface area contributed by atoms with Crippen LogP contribution in [0.1, 0.15) is 61.1 Å². The van der Waals surface area contributed by atoms with E-state index in [1.807, 2.05) is 33.9 Å². The highest BCUT2D eigenvalue weighted by molar-refractivity contribution is 5.98. The summed E-state index contributed by atoms with van der Waals surface area (Å²) in [7, 11) is 2.01. The summed E-state index contributed by atoms with van der Waals surface area (Å²) in [5.74, 6) is -0.937. The van der Waals surface area contributed by atoms with Gasteiger partial charge in [0.25, 0.3) is 0 Å². The molecule has 3 aromatic rings. The first-order valence-electron chi connectivity index (χ1n) is 11.1. The van der Waals surface area contributed by atoms with Gasteiger partial charge in [-0.25, -0.2) is 4.79 Å². The number of H-pyrrole nitrogens is 2. The number of carboxylic acid groups (broad SMARTS) is 1. The summed E-state index contributed by atoms with van der Waals surface area (Å²) in [6.07, 6.45) is 7.17. The van der Waals surface area contributed by atoms with Crippen LogP contribution in [0.5, 0.6) is 0 Å². The van der Waals surface area contributed by atoms with Crippen molar-refractivity contribution < 1.29 is 9.90 Å². The number of hydrogen-bond acceptors (Lipinski definition) is 3. The van der Waals surface area contributed by atoms with Crippen LogP contribution in [-0.2, 0) is 0 Å². The maximum atomic E-state index is 11.0. The van der Waals surface area contributed by atoms with Crippen LogP contribution in [0.15, 0.2) is 49.1 Å². The molecule has 32 heavy (non-hydrogen) atoms. The Labute approximate surface area is 191 Å². The minimum Gasteiger partial charge on any atom is -0.478 e. The third-order valence-corrected chi connectivity index (χ3v) is 4.97. The van der Waals surface area contributed by atoms with E-state index in [1.54, 1.807) is 24.3 Å². The molecule has 2 heterocycles. The molecule has 2 aromatic heterocycles. The van der Waals surface area contributed by atoms with Crippen LogP contribution in [0.3, 0.4) is 0 Å². The smallest absolute Gasteiger partial charge is 0.335 e. The largest absolute Gasteiger partial charge is 0.478 e. The van der Waals surface area contributed by atoms with Crippen LogP contribution in [0.25, 0.3) is 22.3 Å². The van der Waals surface area contributed by atoms with E-state index < -0.39 is 5.97 Å². The number of benzene rings is 1. The lowest BCUT2D eigenvalue weighted by Crippen LogP contribution is -2.06. The van der Waals surface area contributed by atoms with E-state index in [-0.39, 0.29) is 5.56 Å². The predicted molar refractivity (Wildman–Crippen MR) is 135 cm³/mol. The third-order valence-electron chi connectivity index (χ3n) is 4.97. The van der Waals surface area contributed by atoms with E-state index in [0.29, 0.717) is 0 Å². The van der Waals surface area contributed by atoms with E-state index in [1.165, 1.54) is 32.2 Å². The van der Waals surface area contributed by atoms with Crippen LogP contribution < -0.4 is 5.32 Å². The van der Waals surface area contributed by atoms with Gasteiger partial charge >= 0.3 is 5.97 Å². The lowest BCUT2D eigenvalue weighted by molar-refractivity contribution is 0.0697. The van der Waals surface area contributed by atoms with Crippen molar-refractivity contribution >= 4 is 16.9 Å². The van der Waals surface area contributed by atoms with Gasteiger partial charge in [-0.15, -0.1) is 0 Å². The number of carbonyl (C=O) groups is 1. The molecule has 0 spiro atoms. The zero-order chi connectivity index (χ0) is 24.1. The molecule has 0 atom stereocenters. The van der Waals surface area contributed by atoms with Crippen molar-refractivity contribution in [3.05, 3.63) is 65.9 Å². The molecular weight excluding hydrogens is 400 g/mol. The van der Waals surface area contributed by atoms with Crippen LogP contribution in [0, 0.1) is 13.8 Å². The Morgan fingerprint density at radius 1 is 1.22 bits per heavy atom. The first-order chi connectivity index (χ1) is 15.2. The fourth-order valence-electron chi connectivity index (χ4n) is 2.87. The highest BCUT2D eigenvalue weighted by Crippen LogP contribution is 2.27. The third kappa shape index (κ3) is 8.55. The second kappa shape index (κ2) is 14.0. The van der Waals surface area contributed by atoms with E-state index >= 15 is 0 Å². The van der Waals surface area contributed by atoms with Crippen LogP contribution in [-0.4, -0.2) is 39.8 Å². The van der Waals surface area contributed by atoms with Crippen molar-refractivity contribution in [2.24, 2.45) is 0 Å². The van der Waals surface area contributed by atoms with Gasteiger partial charge in [-0.05, 0) is 70.6 Å². The Bertz CT molecular complexity index is 989. The second-order valence-corrected chi connectivity index (χ2v) is 7.84. The molecule has 0 fully saturated rings. The average molecular weight is 439 g/mol. The van der Waals surface area contributed by atoms with Crippen LogP contribution in [0.4, 0.5) is 0 Å². The second-order valence-electron chi connectivity index (χ2n) is 7.84. The minimum absolute atomic E-state index is 0.259. The maximum Gasteiger partial charge on any atom is 0.335 e. The van der Waals surface area contributed by atoms with E-state index in [2.05, 4.69) is 40.6 Å². The maximum absolute atomic E-state index is 11.0. The molecule has 0 aliphatic heterocycles. The number of aryl methyl sites for hydroxylation is 2. The normalized spacial score (nSPS) is 10.0. The van der Waals surface area contributed by atoms with E-state index in [4.69, 9.17) is 5.11 Å². The average Bonchev–Trinajstić information content (AvgIpc) is 3.34. The van der Waals surface area contributed by atoms with Gasteiger partial charge in [0.15, 0.2) is 0 Å². The molecule has 0 aliphatic rings. The summed E-state index contributed by atoms with van der Waals surface area (Å²) >= 11 is 0. The number of aromatic carboxylic acids is 1. The number of rotatable bonds is 8. The number of unbranched alkanes of at least 4 members (excludes halogenated alkanes) is 3. The number of allylic oxidation sites excluding steroid dienone is 2. The fourth-order valence-corrected chi connectivity index (χ4v) is 2.87. The van der Waals surface area contributed by atoms with Crippen LogP contribution in [0.2, 0.25) is 0 Å². The van der Waals surface area contributed by atoms with Gasteiger partial charge in [0.05, 0.1) is 16.8 Å². The number of nitrogens with zero attached hydrogens (tertiary/aromatic N) is 1. The first-order valence-corrected chi connectivity index (χ1v) is 11.1. The molecule has 174 valence electrons. The highest BCUT2D eigenvalue weighted by Gasteiger charge is 2.13. The van der Waals surface area contributed by atoms with Gasteiger partial charge in [0, 0.05) is 11.1 Å². The molecule has 0 radical (unpaired) electrons. The standard InChI is InChI=1S/C14H13N3O2.C7H17N.C5H8/c1-7-5-12(15-8(7)2)13-10-6-9(14(18)19)3-4-11(10)16-17-13;1-3-4-5-6-7-8-2;1-4-5(2)3/h3-6,15H,1-2H3,(H,16,17)(H,18,19);8H,3-7H2,1-2H3;4H,1-2H2,3H3. The van der Waals surface area contributed by atoms with Crippen molar-refractivity contribution in [1.82, 2.24) is 20.5 Å². The number of nitrogens with one attached hydrogen (secondary N) is 3. The quantitative estimate of drug-likeness (QED) is 0.241. The van der Waals surface area contributed by atoms with Gasteiger partial charge in [0.1, 0.15) is 5.69 Å². The van der Waals surface area contributed by atoms with E-state index in [9.17, 15) is 4.79 Å². The van der Waals surface area contributed by atoms with Crippen molar-refractivity contribution in [3.8, 4) is 11.4 Å². The van der Waals surface area contributed by atoms with Crippen molar-refractivity contribution in [1.29, 1.82) is 0 Å². The number of aromatic amines is 2. The predicted octanol–water partition coefficient (Wildman–Crippen LogP) is 6.41. The first kappa shape index (κ1) is 26.9. The van der Waals surface area contributed by atoms with Gasteiger partial charge in [0.2, 0.25) is 0 Å². The summed E-state index contributed by atoms with van der Waals surface area (Å²) in [5.41, 5.74) is 5.98. The summed E-state index contributed by atoms with van der Waals surface area (Å²) in [4.78, 5) is 14.3. The number of hydrogen-bond donors (Lipinski definition) is 4. The van der Waals surface area contributed by atoms with Gasteiger partial charge in [-0.2, -0.15) is 5.10 Å². The number of carboxylic acids is 1. The Morgan fingerprint density at radius 2 is 1.91 bits per heavy atom. The Kier molecular flexibility index (Phi) is 11.8. The molecule has 0 saturated heterocycles.